The van der Waals surface area contributed by atoms with Gasteiger partial charge in [0.25, 0.3) is 11.8 Å². The molecular weight excluding hydrogens is 611 g/mol. The van der Waals surface area contributed by atoms with Crippen LogP contribution in [0.15, 0.2) is 60.2 Å². The first kappa shape index (κ1) is 28.2. The monoisotopic (exact) mass is 640 g/mol. The maximum atomic E-state index is 13.3. The van der Waals surface area contributed by atoms with Crippen LogP contribution in [-0.4, -0.2) is 31.6 Å². The van der Waals surface area contributed by atoms with Crippen LogP contribution in [0.1, 0.15) is 35.6 Å². The van der Waals surface area contributed by atoms with E-state index in [0.29, 0.717) is 41.7 Å². The summed E-state index contributed by atoms with van der Waals surface area (Å²) in [6, 6.07) is 15.4. The fourth-order valence-corrected chi connectivity index (χ4v) is 4.76. The summed E-state index contributed by atoms with van der Waals surface area (Å²) < 4.78 is 18.0. The molecule has 9 heteroatoms. The van der Waals surface area contributed by atoms with Crippen molar-refractivity contribution in [3.8, 4) is 17.2 Å². The Morgan fingerprint density at radius 3 is 2.36 bits per heavy atom. The quantitative estimate of drug-likeness (QED) is 0.177. The van der Waals surface area contributed by atoms with Gasteiger partial charge in [-0.05, 0) is 108 Å². The van der Waals surface area contributed by atoms with Crippen molar-refractivity contribution in [3.05, 3.63) is 86.0 Å². The van der Waals surface area contributed by atoms with Gasteiger partial charge in [0, 0.05) is 0 Å². The number of rotatable bonds is 9. The second-order valence-electron chi connectivity index (χ2n) is 9.04. The minimum atomic E-state index is -0.813. The molecule has 0 radical (unpaired) electrons. The van der Waals surface area contributed by atoms with Gasteiger partial charge in [0.05, 0.1) is 23.0 Å². The molecule has 4 amide bonds. The van der Waals surface area contributed by atoms with Gasteiger partial charge in [0.2, 0.25) is 0 Å². The lowest BCUT2D eigenvalue weighted by molar-refractivity contribution is -0.122. The van der Waals surface area contributed by atoms with Crippen molar-refractivity contribution in [1.29, 1.82) is 0 Å². The fourth-order valence-electron chi connectivity index (χ4n) is 3.98. The summed E-state index contributed by atoms with van der Waals surface area (Å²) in [4.78, 5) is 39.5. The first-order valence-electron chi connectivity index (χ1n) is 12.4. The van der Waals surface area contributed by atoms with E-state index in [4.69, 9.17) is 14.2 Å². The largest absolute Gasteiger partial charge is 0.494 e. The molecule has 1 N–H and O–H groups in total. The van der Waals surface area contributed by atoms with Crippen molar-refractivity contribution >= 4 is 52.2 Å². The first-order valence-corrected chi connectivity index (χ1v) is 13.5. The molecule has 4 rings (SSSR count). The van der Waals surface area contributed by atoms with Crippen LogP contribution >= 0.6 is 22.6 Å². The number of barbiturate groups is 1. The number of ether oxygens (including phenoxy) is 3. The zero-order valence-corrected chi connectivity index (χ0v) is 24.3. The minimum absolute atomic E-state index is 0.178. The summed E-state index contributed by atoms with van der Waals surface area (Å²) in [6.45, 7) is 7.03. The Bertz CT molecular complexity index is 1450. The highest BCUT2D eigenvalue weighted by atomic mass is 127. The number of hydrogen-bond acceptors (Lipinski definition) is 6. The van der Waals surface area contributed by atoms with Crippen LogP contribution in [0.3, 0.4) is 0 Å². The van der Waals surface area contributed by atoms with Crippen molar-refractivity contribution in [3.63, 3.8) is 0 Å². The summed E-state index contributed by atoms with van der Waals surface area (Å²) in [6.07, 6.45) is 2.29. The van der Waals surface area contributed by atoms with Crippen LogP contribution in [0.2, 0.25) is 0 Å². The molecule has 0 bridgehead atoms. The number of carbonyl (C=O) groups is 3. The van der Waals surface area contributed by atoms with Crippen LogP contribution in [-0.2, 0) is 16.2 Å². The molecule has 39 heavy (non-hydrogen) atoms. The minimum Gasteiger partial charge on any atom is -0.494 e. The number of anilines is 1. The number of halogens is 1. The standard InChI is InChI=1S/C30H29IN2O6/c1-5-12-38-23-10-8-22(9-11-23)33-29(35)24(28(34)32-30(33)36)14-21-15-25(31)27(26(16-21)37-4)39-17-20-7-6-18(2)19(3)13-20/h6-11,13-16H,5,12,17H2,1-4H3,(H,32,34,36)/b24-14-. The van der Waals surface area contributed by atoms with E-state index in [1.807, 2.05) is 13.0 Å². The molecule has 3 aromatic rings. The van der Waals surface area contributed by atoms with Gasteiger partial charge in [-0.3, -0.25) is 14.9 Å². The van der Waals surface area contributed by atoms with Gasteiger partial charge in [-0.25, -0.2) is 9.69 Å². The summed E-state index contributed by atoms with van der Waals surface area (Å²) >= 11 is 2.13. The van der Waals surface area contributed by atoms with Crippen LogP contribution in [0.4, 0.5) is 10.5 Å². The Morgan fingerprint density at radius 1 is 0.949 bits per heavy atom. The number of nitrogens with zero attached hydrogens (tertiary/aromatic N) is 1. The van der Waals surface area contributed by atoms with Crippen LogP contribution in [0, 0.1) is 17.4 Å². The Hall–Kier alpha value is -3.86. The summed E-state index contributed by atoms with van der Waals surface area (Å²) in [5, 5.41) is 2.25. The highest BCUT2D eigenvalue weighted by Crippen LogP contribution is 2.36. The molecule has 202 valence electrons. The predicted molar refractivity (Wildman–Crippen MR) is 157 cm³/mol. The van der Waals surface area contributed by atoms with Crippen molar-refractivity contribution in [2.45, 2.75) is 33.8 Å². The third-order valence-corrected chi connectivity index (χ3v) is 6.99. The van der Waals surface area contributed by atoms with Crippen molar-refractivity contribution < 1.29 is 28.6 Å². The Kier molecular flexibility index (Phi) is 8.90. The lowest BCUT2D eigenvalue weighted by Crippen LogP contribution is -2.54. The van der Waals surface area contributed by atoms with Gasteiger partial charge < -0.3 is 14.2 Å². The van der Waals surface area contributed by atoms with Crippen LogP contribution in [0.5, 0.6) is 17.2 Å². The van der Waals surface area contributed by atoms with Crippen molar-refractivity contribution in [2.75, 3.05) is 18.6 Å². The molecule has 0 atom stereocenters. The Morgan fingerprint density at radius 2 is 1.69 bits per heavy atom. The normalized spacial score (nSPS) is 14.4. The van der Waals surface area contributed by atoms with E-state index in [1.54, 1.807) is 36.4 Å². The number of nitrogens with one attached hydrogen (secondary N) is 1. The van der Waals surface area contributed by atoms with Crippen molar-refractivity contribution in [2.24, 2.45) is 0 Å². The molecule has 0 aromatic heterocycles. The molecule has 0 unspecified atom stereocenters. The zero-order chi connectivity index (χ0) is 28.1. The van der Waals surface area contributed by atoms with E-state index in [-0.39, 0.29) is 5.57 Å². The molecule has 0 aliphatic carbocycles. The van der Waals surface area contributed by atoms with Gasteiger partial charge in [0.15, 0.2) is 11.5 Å². The number of benzene rings is 3. The van der Waals surface area contributed by atoms with E-state index >= 15 is 0 Å². The van der Waals surface area contributed by atoms with E-state index < -0.39 is 17.8 Å². The van der Waals surface area contributed by atoms with E-state index in [0.717, 1.165) is 20.5 Å². The molecule has 1 aliphatic heterocycles. The number of imide groups is 2. The summed E-state index contributed by atoms with van der Waals surface area (Å²) in [7, 11) is 1.53. The topological polar surface area (TPSA) is 94.2 Å². The number of carbonyl (C=O) groups excluding carboxylic acids is 3. The zero-order valence-electron chi connectivity index (χ0n) is 22.2. The maximum absolute atomic E-state index is 13.3. The number of hydrogen-bond donors (Lipinski definition) is 1. The lowest BCUT2D eigenvalue weighted by atomic mass is 10.1. The smallest absolute Gasteiger partial charge is 0.335 e. The summed E-state index contributed by atoms with van der Waals surface area (Å²) in [5.41, 5.74) is 4.11. The number of methoxy groups -OCH3 is 1. The molecular formula is C30H29IN2O6. The lowest BCUT2D eigenvalue weighted by Gasteiger charge is -2.26. The molecule has 1 fully saturated rings. The Balaban J connectivity index is 1.59. The van der Waals surface area contributed by atoms with Crippen molar-refractivity contribution in [1.82, 2.24) is 5.32 Å². The highest BCUT2D eigenvalue weighted by Gasteiger charge is 2.37. The van der Waals surface area contributed by atoms with Gasteiger partial charge in [-0.15, -0.1) is 0 Å². The molecule has 0 spiro atoms. The maximum Gasteiger partial charge on any atom is 0.335 e. The van der Waals surface area contributed by atoms with E-state index in [2.05, 4.69) is 53.9 Å². The van der Waals surface area contributed by atoms with Crippen LogP contribution in [0.25, 0.3) is 6.08 Å². The number of urea groups is 1. The molecule has 8 nitrogen and oxygen atoms in total. The SMILES string of the molecule is CCCOc1ccc(N2C(=O)NC(=O)/C(=C/c3cc(I)c(OCc4ccc(C)c(C)c4)c(OC)c3)C2=O)cc1. The molecule has 1 heterocycles. The second-order valence-corrected chi connectivity index (χ2v) is 10.2. The van der Waals surface area contributed by atoms with Gasteiger partial charge in [0.1, 0.15) is 17.9 Å². The third kappa shape index (κ3) is 6.42. The van der Waals surface area contributed by atoms with Gasteiger partial charge in [-0.2, -0.15) is 0 Å². The van der Waals surface area contributed by atoms with E-state index in [1.165, 1.54) is 24.3 Å². The first-order chi connectivity index (χ1) is 18.7. The Labute approximate surface area is 241 Å². The average Bonchev–Trinajstić information content (AvgIpc) is 2.91. The van der Waals surface area contributed by atoms with Gasteiger partial charge in [-0.1, -0.05) is 25.1 Å². The second kappa shape index (κ2) is 12.3. The molecule has 3 aromatic carbocycles. The fraction of sp³-hybridized carbons (Fsp3) is 0.233. The number of amides is 4. The summed E-state index contributed by atoms with van der Waals surface area (Å²) in [5.74, 6) is 0.138. The molecule has 1 saturated heterocycles. The highest BCUT2D eigenvalue weighted by molar-refractivity contribution is 14.1. The number of aryl methyl sites for hydroxylation is 2. The predicted octanol–water partition coefficient (Wildman–Crippen LogP) is 5.95. The molecule has 0 saturated carbocycles. The molecule has 1 aliphatic rings. The third-order valence-electron chi connectivity index (χ3n) is 6.19. The van der Waals surface area contributed by atoms with E-state index in [9.17, 15) is 14.4 Å². The van der Waals surface area contributed by atoms with Gasteiger partial charge >= 0.3 is 6.03 Å². The van der Waals surface area contributed by atoms with Crippen LogP contribution < -0.4 is 24.4 Å². The average molecular weight is 640 g/mol.